The number of hydrogen-bond acceptors (Lipinski definition) is 2. The zero-order chi connectivity index (χ0) is 10.8. The molecule has 14 heavy (non-hydrogen) atoms. The van der Waals surface area contributed by atoms with E-state index in [4.69, 9.17) is 23.2 Å². The zero-order valence-corrected chi connectivity index (χ0v) is 9.01. The van der Waals surface area contributed by atoms with E-state index < -0.39 is 10.4 Å². The highest BCUT2D eigenvalue weighted by molar-refractivity contribution is 6.50. The minimum Gasteiger partial charge on any atom is -0.339 e. The number of nitrogens with zero attached hydrogens (tertiary/aromatic N) is 1. The second-order valence-corrected chi connectivity index (χ2v) is 4.36. The first-order valence-corrected chi connectivity index (χ1v) is 4.69. The van der Waals surface area contributed by atoms with E-state index in [1.165, 1.54) is 7.05 Å². The third-order valence-electron chi connectivity index (χ3n) is 1.72. The first-order valence-electron chi connectivity index (χ1n) is 3.93. The smallest absolute Gasteiger partial charge is 0.339 e. The van der Waals surface area contributed by atoms with Gasteiger partial charge in [-0.1, -0.05) is 29.3 Å². The Morgan fingerprint density at radius 2 is 2.36 bits per heavy atom. The van der Waals surface area contributed by atoms with Crippen molar-refractivity contribution in [2.75, 3.05) is 7.05 Å². The van der Waals surface area contributed by atoms with Gasteiger partial charge in [-0.15, -0.1) is 0 Å². The summed E-state index contributed by atoms with van der Waals surface area (Å²) in [6.45, 7) is 0. The van der Waals surface area contributed by atoms with E-state index in [1.807, 2.05) is 0 Å². The first-order chi connectivity index (χ1) is 6.46. The minimum absolute atomic E-state index is 0.177. The van der Waals surface area contributed by atoms with Crippen molar-refractivity contribution >= 4 is 29.2 Å². The van der Waals surface area contributed by atoms with E-state index in [2.05, 4.69) is 5.32 Å². The Bertz CT molecular complexity index is 300. The van der Waals surface area contributed by atoms with E-state index in [0.29, 0.717) is 10.8 Å². The molecule has 0 heterocycles. The summed E-state index contributed by atoms with van der Waals surface area (Å²) in [4.78, 5) is 11.0. The van der Waals surface area contributed by atoms with Crippen molar-refractivity contribution in [3.63, 3.8) is 0 Å². The van der Waals surface area contributed by atoms with Gasteiger partial charge >= 0.3 is 6.03 Å². The summed E-state index contributed by atoms with van der Waals surface area (Å²) in [5.74, 6) is 0. The highest BCUT2D eigenvalue weighted by Gasteiger charge is 2.28. The fourth-order valence-corrected chi connectivity index (χ4v) is 1.46. The highest BCUT2D eigenvalue weighted by atomic mass is 35.5. The van der Waals surface area contributed by atoms with Crippen LogP contribution in [0.15, 0.2) is 23.9 Å². The number of carbonyl (C=O) groups excluding carboxylic acids is 1. The van der Waals surface area contributed by atoms with Crippen LogP contribution in [0.4, 0.5) is 4.79 Å². The molecule has 0 bridgehead atoms. The van der Waals surface area contributed by atoms with Gasteiger partial charge < -0.3 is 5.32 Å². The Labute approximate surface area is 91.7 Å². The van der Waals surface area contributed by atoms with Crippen molar-refractivity contribution < 1.29 is 10.0 Å². The molecule has 0 aromatic carbocycles. The number of halogens is 2. The molecule has 0 atom stereocenters. The molecule has 1 aliphatic carbocycles. The molecule has 0 aromatic rings. The largest absolute Gasteiger partial charge is 0.345 e. The van der Waals surface area contributed by atoms with Crippen LogP contribution >= 0.6 is 23.2 Å². The van der Waals surface area contributed by atoms with E-state index in [0.717, 1.165) is 0 Å². The van der Waals surface area contributed by atoms with Crippen LogP contribution in [0.3, 0.4) is 0 Å². The van der Waals surface area contributed by atoms with Gasteiger partial charge in [0.1, 0.15) is 4.33 Å². The SMILES string of the molecule is CNC(=O)N(O)C1=CC=CC(Cl)(Cl)C1. The fraction of sp³-hybridized carbons (Fsp3) is 0.375. The molecular formula is C8H10Cl2N2O2. The topological polar surface area (TPSA) is 52.6 Å². The molecule has 2 amide bonds. The number of alkyl halides is 2. The van der Waals surface area contributed by atoms with E-state index in [1.54, 1.807) is 18.2 Å². The van der Waals surface area contributed by atoms with Gasteiger partial charge in [0, 0.05) is 13.5 Å². The lowest BCUT2D eigenvalue weighted by Crippen LogP contribution is -2.36. The molecule has 1 aliphatic rings. The van der Waals surface area contributed by atoms with Crippen molar-refractivity contribution in [2.24, 2.45) is 0 Å². The number of rotatable bonds is 1. The fourth-order valence-electron chi connectivity index (χ4n) is 1.04. The number of allylic oxidation sites excluding steroid dienone is 4. The zero-order valence-electron chi connectivity index (χ0n) is 7.50. The second kappa shape index (κ2) is 4.21. The van der Waals surface area contributed by atoms with Gasteiger partial charge in [0.2, 0.25) is 0 Å². The lowest BCUT2D eigenvalue weighted by Gasteiger charge is -2.25. The second-order valence-electron chi connectivity index (χ2n) is 2.82. The summed E-state index contributed by atoms with van der Waals surface area (Å²) in [7, 11) is 1.42. The number of hydrogen-bond donors (Lipinski definition) is 2. The van der Waals surface area contributed by atoms with Gasteiger partial charge in [-0.3, -0.25) is 5.21 Å². The minimum atomic E-state index is -1.07. The molecule has 0 saturated carbocycles. The van der Waals surface area contributed by atoms with Crippen LogP contribution in [-0.4, -0.2) is 27.7 Å². The summed E-state index contributed by atoms with van der Waals surface area (Å²) in [6.07, 6.45) is 4.91. The van der Waals surface area contributed by atoms with Crippen molar-refractivity contribution in [3.8, 4) is 0 Å². The van der Waals surface area contributed by atoms with Gasteiger partial charge in [0.05, 0.1) is 5.70 Å². The molecule has 6 heteroatoms. The predicted octanol–water partition coefficient (Wildman–Crippen LogP) is 2.03. The molecule has 0 aliphatic heterocycles. The lowest BCUT2D eigenvalue weighted by atomic mass is 10.1. The van der Waals surface area contributed by atoms with E-state index in [-0.39, 0.29) is 6.42 Å². The third kappa shape index (κ3) is 2.64. The normalized spacial score (nSPS) is 18.7. The van der Waals surface area contributed by atoms with Gasteiger partial charge in [-0.2, -0.15) is 5.06 Å². The molecule has 2 N–H and O–H groups in total. The summed E-state index contributed by atoms with van der Waals surface area (Å²) in [5.41, 5.74) is 0.344. The molecule has 0 unspecified atom stereocenters. The van der Waals surface area contributed by atoms with Crippen LogP contribution < -0.4 is 5.32 Å². The number of carbonyl (C=O) groups is 1. The maximum absolute atomic E-state index is 11.0. The van der Waals surface area contributed by atoms with Crippen molar-refractivity contribution in [2.45, 2.75) is 10.8 Å². The van der Waals surface area contributed by atoms with Gasteiger partial charge in [0.25, 0.3) is 0 Å². The summed E-state index contributed by atoms with van der Waals surface area (Å²) < 4.78 is -1.07. The average Bonchev–Trinajstić information content (AvgIpc) is 2.14. The third-order valence-corrected chi connectivity index (χ3v) is 2.24. The Kier molecular flexibility index (Phi) is 3.42. The van der Waals surface area contributed by atoms with Crippen LogP contribution in [0.5, 0.6) is 0 Å². The molecule has 0 fully saturated rings. The molecular weight excluding hydrogens is 227 g/mol. The molecule has 0 aromatic heterocycles. The highest BCUT2D eigenvalue weighted by Crippen LogP contribution is 2.34. The van der Waals surface area contributed by atoms with Crippen LogP contribution in [0.1, 0.15) is 6.42 Å². The molecule has 0 radical (unpaired) electrons. The molecule has 1 rings (SSSR count). The van der Waals surface area contributed by atoms with Gasteiger partial charge in [-0.25, -0.2) is 4.79 Å². The number of amides is 2. The standard InChI is InChI=1S/C8H10Cl2N2O2/c1-11-7(13)12(14)6-3-2-4-8(9,10)5-6/h2-4,14H,5H2,1H3,(H,11,13). The Morgan fingerprint density at radius 1 is 1.71 bits per heavy atom. The van der Waals surface area contributed by atoms with Gasteiger partial charge in [-0.05, 0) is 12.2 Å². The molecule has 0 spiro atoms. The van der Waals surface area contributed by atoms with Crippen molar-refractivity contribution in [1.82, 2.24) is 10.4 Å². The van der Waals surface area contributed by atoms with Crippen LogP contribution in [0.2, 0.25) is 0 Å². The summed E-state index contributed by atoms with van der Waals surface area (Å²) in [6, 6.07) is -0.629. The lowest BCUT2D eigenvalue weighted by molar-refractivity contribution is -0.0127. The monoisotopic (exact) mass is 236 g/mol. The maximum Gasteiger partial charge on any atom is 0.345 e. The number of nitrogens with one attached hydrogen (secondary N) is 1. The maximum atomic E-state index is 11.0. The Hall–Kier alpha value is -0.710. The molecule has 78 valence electrons. The number of hydroxylamine groups is 2. The Morgan fingerprint density at radius 3 is 2.86 bits per heavy atom. The van der Waals surface area contributed by atoms with Gasteiger partial charge in [0.15, 0.2) is 0 Å². The van der Waals surface area contributed by atoms with Crippen LogP contribution in [-0.2, 0) is 0 Å². The summed E-state index contributed by atoms with van der Waals surface area (Å²) in [5, 5.41) is 12.1. The van der Waals surface area contributed by atoms with Crippen LogP contribution in [0.25, 0.3) is 0 Å². The quantitative estimate of drug-likeness (QED) is 0.416. The van der Waals surface area contributed by atoms with Crippen LogP contribution in [0, 0.1) is 0 Å². The predicted molar refractivity (Wildman–Crippen MR) is 54.4 cm³/mol. The molecule has 0 saturated heterocycles. The molecule has 4 nitrogen and oxygen atoms in total. The number of urea groups is 1. The van der Waals surface area contributed by atoms with E-state index >= 15 is 0 Å². The van der Waals surface area contributed by atoms with Crippen molar-refractivity contribution in [1.29, 1.82) is 0 Å². The average molecular weight is 237 g/mol. The Balaban J connectivity index is 2.75. The first kappa shape index (κ1) is 11.4. The van der Waals surface area contributed by atoms with Crippen molar-refractivity contribution in [3.05, 3.63) is 23.9 Å². The van der Waals surface area contributed by atoms with E-state index in [9.17, 15) is 10.0 Å². The summed E-state index contributed by atoms with van der Waals surface area (Å²) >= 11 is 11.7.